The second kappa shape index (κ2) is 6.52. The minimum atomic E-state index is -0.711. The summed E-state index contributed by atoms with van der Waals surface area (Å²) in [7, 11) is 0. The number of aromatic nitrogens is 1. The van der Waals surface area contributed by atoms with Gasteiger partial charge in [-0.3, -0.25) is 4.98 Å². The average Bonchev–Trinajstić information content (AvgIpc) is 2.54. The molecule has 0 aliphatic carbocycles. The lowest BCUT2D eigenvalue weighted by Gasteiger charge is -2.17. The molecule has 1 heterocycles. The van der Waals surface area contributed by atoms with Crippen LogP contribution in [0.5, 0.6) is 0 Å². The molecule has 0 saturated carbocycles. The number of benzene rings is 2. The van der Waals surface area contributed by atoms with E-state index in [1.54, 1.807) is 12.3 Å². The molecule has 0 aliphatic heterocycles. The molecule has 3 rings (SSSR count). The van der Waals surface area contributed by atoms with Gasteiger partial charge in [-0.25, -0.2) is 9.82 Å². The smallest absolute Gasteiger partial charge is 0.123 e. The monoisotopic (exact) mass is 325 g/mol. The molecule has 0 spiro atoms. The molecule has 0 bridgehead atoms. The van der Waals surface area contributed by atoms with Crippen molar-refractivity contribution in [2.75, 3.05) is 5.43 Å². The molecular weight excluding hydrogens is 305 g/mol. The lowest BCUT2D eigenvalue weighted by Crippen LogP contribution is -2.48. The van der Waals surface area contributed by atoms with Gasteiger partial charge in [0.15, 0.2) is 0 Å². The summed E-state index contributed by atoms with van der Waals surface area (Å²) in [5.74, 6) is -0.274. The van der Waals surface area contributed by atoms with Gasteiger partial charge in [-0.15, -0.1) is 0 Å². The SMILES string of the molecule is Cc1ccc(F)cc1-c1cc(NNC(N)N)c2c(C)ccnc2c1. The van der Waals surface area contributed by atoms with Gasteiger partial charge in [0.25, 0.3) is 0 Å². The summed E-state index contributed by atoms with van der Waals surface area (Å²) in [5.41, 5.74) is 22.3. The van der Waals surface area contributed by atoms with Crippen molar-refractivity contribution in [3.05, 3.63) is 59.5 Å². The number of rotatable bonds is 4. The molecule has 6 heteroatoms. The maximum absolute atomic E-state index is 13.7. The zero-order valence-electron chi connectivity index (χ0n) is 13.6. The second-order valence-corrected chi connectivity index (χ2v) is 5.80. The van der Waals surface area contributed by atoms with Crippen molar-refractivity contribution in [2.24, 2.45) is 11.5 Å². The molecule has 0 amide bonds. The topological polar surface area (TPSA) is 89.0 Å². The number of nitrogens with one attached hydrogen (secondary N) is 2. The van der Waals surface area contributed by atoms with E-state index in [-0.39, 0.29) is 5.82 Å². The Labute approximate surface area is 139 Å². The van der Waals surface area contributed by atoms with E-state index in [4.69, 9.17) is 11.5 Å². The summed E-state index contributed by atoms with van der Waals surface area (Å²) in [6.07, 6.45) is 1.04. The number of hydrogen-bond acceptors (Lipinski definition) is 5. The van der Waals surface area contributed by atoms with Gasteiger partial charge in [-0.2, -0.15) is 0 Å². The number of nitrogens with zero attached hydrogens (tertiary/aromatic N) is 1. The first-order chi connectivity index (χ1) is 11.5. The molecule has 2 aromatic carbocycles. The summed E-state index contributed by atoms with van der Waals surface area (Å²) in [5, 5.41) is 0.962. The third kappa shape index (κ3) is 3.21. The number of halogens is 1. The van der Waals surface area contributed by atoms with Crippen LogP contribution in [-0.4, -0.2) is 11.3 Å². The van der Waals surface area contributed by atoms with Gasteiger partial charge in [-0.1, -0.05) is 6.07 Å². The summed E-state index contributed by atoms with van der Waals surface area (Å²) in [6, 6.07) is 10.6. The Morgan fingerprint density at radius 2 is 1.83 bits per heavy atom. The molecule has 1 aromatic heterocycles. The van der Waals surface area contributed by atoms with Crippen molar-refractivity contribution in [3.63, 3.8) is 0 Å². The van der Waals surface area contributed by atoms with E-state index in [1.165, 1.54) is 12.1 Å². The third-order valence-corrected chi connectivity index (χ3v) is 3.93. The van der Waals surface area contributed by atoms with Gasteiger partial charge < -0.3 is 16.9 Å². The minimum absolute atomic E-state index is 0.274. The van der Waals surface area contributed by atoms with E-state index in [0.717, 1.165) is 38.8 Å². The molecule has 5 nitrogen and oxygen atoms in total. The summed E-state index contributed by atoms with van der Waals surface area (Å²) >= 11 is 0. The molecule has 3 aromatic rings. The number of anilines is 1. The molecule has 0 atom stereocenters. The Morgan fingerprint density at radius 1 is 1.04 bits per heavy atom. The number of aryl methyl sites for hydroxylation is 2. The van der Waals surface area contributed by atoms with Crippen LogP contribution in [0.15, 0.2) is 42.6 Å². The predicted octanol–water partition coefficient (Wildman–Crippen LogP) is 2.78. The fraction of sp³-hybridized carbons (Fsp3) is 0.167. The zero-order chi connectivity index (χ0) is 17.3. The first-order valence-corrected chi connectivity index (χ1v) is 7.64. The van der Waals surface area contributed by atoms with Crippen LogP contribution < -0.4 is 22.3 Å². The van der Waals surface area contributed by atoms with E-state index >= 15 is 0 Å². The highest BCUT2D eigenvalue weighted by Crippen LogP contribution is 2.33. The van der Waals surface area contributed by atoms with Crippen molar-refractivity contribution in [1.29, 1.82) is 0 Å². The van der Waals surface area contributed by atoms with Gasteiger partial charge in [-0.05, 0) is 66.4 Å². The van der Waals surface area contributed by atoms with Gasteiger partial charge in [0.05, 0.1) is 11.2 Å². The number of hydrogen-bond donors (Lipinski definition) is 4. The molecule has 6 N–H and O–H groups in total. The maximum Gasteiger partial charge on any atom is 0.123 e. The van der Waals surface area contributed by atoms with Gasteiger partial charge in [0.2, 0.25) is 0 Å². The normalized spacial score (nSPS) is 11.2. The van der Waals surface area contributed by atoms with E-state index in [9.17, 15) is 4.39 Å². The van der Waals surface area contributed by atoms with E-state index in [0.29, 0.717) is 0 Å². The van der Waals surface area contributed by atoms with Crippen LogP contribution in [0.2, 0.25) is 0 Å². The molecular formula is C18H20FN5. The van der Waals surface area contributed by atoms with Crippen LogP contribution >= 0.6 is 0 Å². The summed E-state index contributed by atoms with van der Waals surface area (Å²) in [4.78, 5) is 4.44. The number of hydrazine groups is 1. The van der Waals surface area contributed by atoms with Crippen LogP contribution in [0.4, 0.5) is 10.1 Å². The van der Waals surface area contributed by atoms with Crippen molar-refractivity contribution in [1.82, 2.24) is 10.4 Å². The maximum atomic E-state index is 13.7. The first kappa shape index (κ1) is 16.3. The molecule has 0 saturated heterocycles. The van der Waals surface area contributed by atoms with Crippen LogP contribution in [0.3, 0.4) is 0 Å². The van der Waals surface area contributed by atoms with Crippen molar-refractivity contribution in [2.45, 2.75) is 20.1 Å². The minimum Gasteiger partial charge on any atom is -0.318 e. The Bertz CT molecular complexity index is 892. The Balaban J connectivity index is 2.21. The molecule has 24 heavy (non-hydrogen) atoms. The second-order valence-electron chi connectivity index (χ2n) is 5.80. The van der Waals surface area contributed by atoms with Crippen LogP contribution in [0.25, 0.3) is 22.0 Å². The summed E-state index contributed by atoms with van der Waals surface area (Å²) in [6.45, 7) is 3.95. The highest BCUT2D eigenvalue weighted by molar-refractivity contribution is 5.97. The Kier molecular flexibility index (Phi) is 4.44. The molecule has 0 unspecified atom stereocenters. The number of fused-ring (bicyclic) bond motifs is 1. The van der Waals surface area contributed by atoms with Crippen molar-refractivity contribution < 1.29 is 4.39 Å². The van der Waals surface area contributed by atoms with Crippen LogP contribution in [-0.2, 0) is 0 Å². The lowest BCUT2D eigenvalue weighted by molar-refractivity contribution is 0.604. The zero-order valence-corrected chi connectivity index (χ0v) is 13.6. The third-order valence-electron chi connectivity index (χ3n) is 3.93. The van der Waals surface area contributed by atoms with E-state index in [2.05, 4.69) is 15.8 Å². The van der Waals surface area contributed by atoms with Gasteiger partial charge >= 0.3 is 0 Å². The highest BCUT2D eigenvalue weighted by atomic mass is 19.1. The van der Waals surface area contributed by atoms with Crippen LogP contribution in [0, 0.1) is 19.7 Å². The van der Waals surface area contributed by atoms with Crippen molar-refractivity contribution >= 4 is 16.6 Å². The van der Waals surface area contributed by atoms with Crippen LogP contribution in [0.1, 0.15) is 11.1 Å². The molecule has 0 aliphatic rings. The Morgan fingerprint density at radius 3 is 2.58 bits per heavy atom. The number of pyridine rings is 1. The largest absolute Gasteiger partial charge is 0.318 e. The standard InChI is InChI=1S/C18H20FN5/c1-10-3-4-13(19)9-14(10)12-7-15-17(11(2)5-6-22-15)16(8-12)23-24-18(20)21/h3-9,18,23-24H,20-21H2,1-2H3. The predicted molar refractivity (Wildman–Crippen MR) is 95.5 cm³/mol. The lowest BCUT2D eigenvalue weighted by atomic mass is 9.97. The summed E-state index contributed by atoms with van der Waals surface area (Å²) < 4.78 is 13.7. The fourth-order valence-corrected chi connectivity index (χ4v) is 2.78. The average molecular weight is 325 g/mol. The molecule has 0 fully saturated rings. The first-order valence-electron chi connectivity index (χ1n) is 7.64. The van der Waals surface area contributed by atoms with Gasteiger partial charge in [0.1, 0.15) is 12.1 Å². The van der Waals surface area contributed by atoms with E-state index in [1.807, 2.05) is 32.0 Å². The van der Waals surface area contributed by atoms with E-state index < -0.39 is 6.29 Å². The highest BCUT2D eigenvalue weighted by Gasteiger charge is 2.11. The Hall–Kier alpha value is -2.54. The molecule has 124 valence electrons. The number of nitrogens with two attached hydrogens (primary N) is 2. The quantitative estimate of drug-likeness (QED) is 0.437. The molecule has 0 radical (unpaired) electrons. The fourth-order valence-electron chi connectivity index (χ4n) is 2.78. The van der Waals surface area contributed by atoms with Gasteiger partial charge in [0, 0.05) is 11.6 Å². The van der Waals surface area contributed by atoms with Crippen molar-refractivity contribution in [3.8, 4) is 11.1 Å².